The lowest BCUT2D eigenvalue weighted by Gasteiger charge is -2.15. The van der Waals surface area contributed by atoms with Crippen LogP contribution >= 0.6 is 0 Å². The summed E-state index contributed by atoms with van der Waals surface area (Å²) in [6.07, 6.45) is 0. The molecule has 0 atom stereocenters. The van der Waals surface area contributed by atoms with Crippen molar-refractivity contribution in [2.24, 2.45) is 0 Å². The molecule has 0 saturated heterocycles. The van der Waals surface area contributed by atoms with Crippen LogP contribution in [0.25, 0.3) is 106 Å². The average Bonchev–Trinajstić information content (AvgIpc) is 3.68. The third-order valence-corrected chi connectivity index (χ3v) is 11.5. The van der Waals surface area contributed by atoms with Gasteiger partial charge in [-0.15, -0.1) is 0 Å². The summed E-state index contributed by atoms with van der Waals surface area (Å²) >= 11 is 0. The zero-order valence-electron chi connectivity index (χ0n) is 33.2. The minimum atomic E-state index is 0.623. The van der Waals surface area contributed by atoms with Crippen LogP contribution < -0.4 is 0 Å². The fourth-order valence-electron chi connectivity index (χ4n) is 8.50. The maximum absolute atomic E-state index is 5.15. The van der Waals surface area contributed by atoms with E-state index in [1.54, 1.807) is 0 Å². The van der Waals surface area contributed by atoms with Gasteiger partial charge >= 0.3 is 0 Å². The summed E-state index contributed by atoms with van der Waals surface area (Å²) < 4.78 is 2.42. The molecule has 0 radical (unpaired) electrons. The Hall–Kier alpha value is -8.21. The van der Waals surface area contributed by atoms with E-state index in [1.165, 1.54) is 33.0 Å². The lowest BCUT2D eigenvalue weighted by atomic mass is 9.99. The number of benzene rings is 9. The molecule has 61 heavy (non-hydrogen) atoms. The van der Waals surface area contributed by atoms with Crippen LogP contribution in [0.15, 0.2) is 231 Å². The molecule has 4 nitrogen and oxygen atoms in total. The van der Waals surface area contributed by atoms with Gasteiger partial charge in [-0.1, -0.05) is 200 Å². The minimum absolute atomic E-state index is 0.623. The first kappa shape index (κ1) is 35.9. The Morgan fingerprint density at radius 2 is 0.607 bits per heavy atom. The van der Waals surface area contributed by atoms with Crippen molar-refractivity contribution in [2.75, 3.05) is 0 Å². The zero-order chi connectivity index (χ0) is 40.5. The number of rotatable bonds is 8. The maximum Gasteiger partial charge on any atom is 0.164 e. The lowest BCUT2D eigenvalue weighted by molar-refractivity contribution is 1.07. The largest absolute Gasteiger partial charge is 0.309 e. The van der Waals surface area contributed by atoms with Crippen molar-refractivity contribution in [1.29, 1.82) is 0 Å². The van der Waals surface area contributed by atoms with Crippen molar-refractivity contribution < 1.29 is 0 Å². The number of fused-ring (bicyclic) bond motifs is 3. The van der Waals surface area contributed by atoms with Crippen LogP contribution in [0.2, 0.25) is 0 Å². The molecule has 0 unspecified atom stereocenters. The summed E-state index contributed by atoms with van der Waals surface area (Å²) in [6, 6.07) is 81.2. The molecule has 0 spiro atoms. The number of hydrogen-bond acceptors (Lipinski definition) is 3. The van der Waals surface area contributed by atoms with Crippen molar-refractivity contribution in [2.45, 2.75) is 0 Å². The minimum Gasteiger partial charge on any atom is -0.309 e. The van der Waals surface area contributed by atoms with Crippen LogP contribution in [0.3, 0.4) is 0 Å². The Labute approximate surface area is 354 Å². The van der Waals surface area contributed by atoms with E-state index in [2.05, 4.69) is 193 Å². The molecule has 0 saturated carbocycles. The topological polar surface area (TPSA) is 43.6 Å². The van der Waals surface area contributed by atoms with Crippen LogP contribution in [-0.2, 0) is 0 Å². The second-order valence-electron chi connectivity index (χ2n) is 15.2. The first-order valence-corrected chi connectivity index (χ1v) is 20.6. The Balaban J connectivity index is 1.04. The molecular weight excluding hydrogens is 741 g/mol. The van der Waals surface area contributed by atoms with E-state index in [-0.39, 0.29) is 0 Å². The van der Waals surface area contributed by atoms with Crippen LogP contribution in [-0.4, -0.2) is 19.5 Å². The molecule has 0 aliphatic carbocycles. The molecule has 2 heterocycles. The lowest BCUT2D eigenvalue weighted by Crippen LogP contribution is -2.01. The Morgan fingerprint density at radius 3 is 1.15 bits per heavy atom. The molecule has 0 aliphatic heterocycles. The molecule has 11 rings (SSSR count). The van der Waals surface area contributed by atoms with E-state index >= 15 is 0 Å². The van der Waals surface area contributed by atoms with Gasteiger partial charge in [-0.05, 0) is 69.3 Å². The van der Waals surface area contributed by atoms with E-state index in [9.17, 15) is 0 Å². The monoisotopic (exact) mass is 778 g/mol. The second-order valence-corrected chi connectivity index (χ2v) is 15.2. The van der Waals surface area contributed by atoms with Crippen LogP contribution in [0.4, 0.5) is 0 Å². The quantitative estimate of drug-likeness (QED) is 0.154. The van der Waals surface area contributed by atoms with Crippen molar-refractivity contribution in [3.05, 3.63) is 231 Å². The fourth-order valence-corrected chi connectivity index (χ4v) is 8.50. The van der Waals surface area contributed by atoms with Gasteiger partial charge in [0, 0.05) is 33.0 Å². The van der Waals surface area contributed by atoms with Crippen molar-refractivity contribution in [3.8, 4) is 84.4 Å². The second kappa shape index (κ2) is 15.5. The van der Waals surface area contributed by atoms with Gasteiger partial charge in [0.05, 0.1) is 16.7 Å². The SMILES string of the molecule is c1ccc(-c2ccc3c(c2)c2cc(-c4ccccc4)ccc2n3-c2ccccc2-c2ccc(-c3nc(-c4ccccc4)nc(-c4ccccc4-c4ccccc4)n3)cc2)cc1. The van der Waals surface area contributed by atoms with E-state index in [0.29, 0.717) is 17.5 Å². The van der Waals surface area contributed by atoms with Crippen molar-refractivity contribution >= 4 is 21.8 Å². The predicted octanol–water partition coefficient (Wildman–Crippen LogP) is 14.6. The van der Waals surface area contributed by atoms with Gasteiger partial charge in [0.15, 0.2) is 17.5 Å². The van der Waals surface area contributed by atoms with Gasteiger partial charge in [-0.2, -0.15) is 0 Å². The van der Waals surface area contributed by atoms with E-state index < -0.39 is 0 Å². The maximum atomic E-state index is 5.15. The normalized spacial score (nSPS) is 11.3. The highest BCUT2D eigenvalue weighted by molar-refractivity contribution is 6.12. The number of nitrogens with zero attached hydrogens (tertiary/aromatic N) is 4. The van der Waals surface area contributed by atoms with Gasteiger partial charge in [0.1, 0.15) is 0 Å². The van der Waals surface area contributed by atoms with Gasteiger partial charge in [0.25, 0.3) is 0 Å². The summed E-state index contributed by atoms with van der Waals surface area (Å²) in [5.74, 6) is 1.89. The number of para-hydroxylation sites is 1. The first-order chi connectivity index (χ1) is 30.2. The molecule has 9 aromatic carbocycles. The molecule has 0 amide bonds. The molecule has 4 heteroatoms. The molecule has 2 aromatic heterocycles. The summed E-state index contributed by atoms with van der Waals surface area (Å²) in [7, 11) is 0. The van der Waals surface area contributed by atoms with Gasteiger partial charge in [-0.25, -0.2) is 15.0 Å². The Kier molecular flexibility index (Phi) is 9.14. The smallest absolute Gasteiger partial charge is 0.164 e. The molecule has 0 N–H and O–H groups in total. The molecule has 0 bridgehead atoms. The summed E-state index contributed by atoms with van der Waals surface area (Å²) in [4.78, 5) is 15.3. The molecule has 0 aliphatic rings. The summed E-state index contributed by atoms with van der Waals surface area (Å²) in [5.41, 5.74) is 15.4. The third-order valence-electron chi connectivity index (χ3n) is 11.5. The number of hydrogen-bond donors (Lipinski definition) is 0. The average molecular weight is 779 g/mol. The Bertz CT molecular complexity index is 3220. The van der Waals surface area contributed by atoms with E-state index in [4.69, 9.17) is 15.0 Å². The highest BCUT2D eigenvalue weighted by Gasteiger charge is 2.19. The molecule has 286 valence electrons. The molecule has 11 aromatic rings. The zero-order valence-corrected chi connectivity index (χ0v) is 33.2. The van der Waals surface area contributed by atoms with Crippen LogP contribution in [0.5, 0.6) is 0 Å². The van der Waals surface area contributed by atoms with Gasteiger partial charge in [0.2, 0.25) is 0 Å². The standard InChI is InChI=1S/C57H38N4/c1-5-17-39(18-6-1)45-33-35-53-50(37-45)51-38-46(40-19-7-2-8-20-40)34-36-54(51)61(53)52-28-16-15-26-48(52)42-29-31-44(32-30-42)56-58-55(43-23-11-4-12-24-43)59-57(60-56)49-27-14-13-25-47(49)41-21-9-3-10-22-41/h1-38H. The Morgan fingerprint density at radius 1 is 0.246 bits per heavy atom. The highest BCUT2D eigenvalue weighted by atomic mass is 15.0. The van der Waals surface area contributed by atoms with E-state index in [1.807, 2.05) is 42.5 Å². The van der Waals surface area contributed by atoms with Crippen molar-refractivity contribution in [1.82, 2.24) is 19.5 Å². The summed E-state index contributed by atoms with van der Waals surface area (Å²) in [5, 5.41) is 2.43. The van der Waals surface area contributed by atoms with Crippen molar-refractivity contribution in [3.63, 3.8) is 0 Å². The van der Waals surface area contributed by atoms with Crippen LogP contribution in [0, 0.1) is 0 Å². The third kappa shape index (κ3) is 6.76. The summed E-state index contributed by atoms with van der Waals surface area (Å²) in [6.45, 7) is 0. The fraction of sp³-hybridized carbons (Fsp3) is 0. The van der Waals surface area contributed by atoms with Gasteiger partial charge < -0.3 is 4.57 Å². The molecule has 0 fully saturated rings. The predicted molar refractivity (Wildman–Crippen MR) is 252 cm³/mol. The highest BCUT2D eigenvalue weighted by Crippen LogP contribution is 2.40. The number of aromatic nitrogens is 4. The molecular formula is C57H38N4. The van der Waals surface area contributed by atoms with Gasteiger partial charge in [-0.3, -0.25) is 0 Å². The van der Waals surface area contributed by atoms with E-state index in [0.717, 1.165) is 55.7 Å². The van der Waals surface area contributed by atoms with Crippen LogP contribution in [0.1, 0.15) is 0 Å². The first-order valence-electron chi connectivity index (χ1n) is 20.6.